The Bertz CT molecular complexity index is 593. The van der Waals surface area contributed by atoms with Crippen molar-refractivity contribution in [3.8, 4) is 12.3 Å². The van der Waals surface area contributed by atoms with Gasteiger partial charge in [-0.3, -0.25) is 15.0 Å². The van der Waals surface area contributed by atoms with Gasteiger partial charge in [0.15, 0.2) is 0 Å². The van der Waals surface area contributed by atoms with Gasteiger partial charge in [0.2, 0.25) is 11.8 Å². The van der Waals surface area contributed by atoms with Gasteiger partial charge in [-0.1, -0.05) is 12.8 Å². The first-order chi connectivity index (χ1) is 10.5. The molecule has 0 aromatic heterocycles. The third-order valence-electron chi connectivity index (χ3n) is 3.00. The van der Waals surface area contributed by atoms with Crippen molar-refractivity contribution in [1.29, 1.82) is 5.41 Å². The zero-order valence-corrected chi connectivity index (χ0v) is 13.7. The molecule has 2 amide bonds. The molecule has 1 aromatic rings. The van der Waals surface area contributed by atoms with E-state index in [9.17, 15) is 9.59 Å². The Kier molecular flexibility index (Phi) is 9.12. The number of nitrogens with one attached hydrogen (secondary N) is 3. The summed E-state index contributed by atoms with van der Waals surface area (Å²) in [5.41, 5.74) is 6.52. The van der Waals surface area contributed by atoms with Crippen molar-refractivity contribution in [1.82, 2.24) is 5.32 Å². The predicted octanol–water partition coefficient (Wildman–Crippen LogP) is 1.64. The monoisotopic (exact) mass is 336 g/mol. The third kappa shape index (κ3) is 7.34. The second kappa shape index (κ2) is 10.2. The van der Waals surface area contributed by atoms with E-state index < -0.39 is 0 Å². The molecule has 124 valence electrons. The van der Waals surface area contributed by atoms with E-state index in [1.807, 2.05) is 6.92 Å². The molecule has 0 saturated heterocycles. The zero-order chi connectivity index (χ0) is 16.5. The zero-order valence-electron chi connectivity index (χ0n) is 12.9. The first kappa shape index (κ1) is 20.5. The Morgan fingerprint density at radius 2 is 1.83 bits per heavy atom. The lowest BCUT2D eigenvalue weighted by Crippen LogP contribution is -2.33. The molecule has 0 saturated carbocycles. The summed E-state index contributed by atoms with van der Waals surface area (Å²) in [7, 11) is 0. The van der Waals surface area contributed by atoms with Crippen molar-refractivity contribution in [2.75, 3.05) is 5.32 Å². The number of nitrogen functional groups attached to an aromatic ring is 1. The molecule has 0 aliphatic carbocycles. The molecular weight excluding hydrogens is 316 g/mol. The average molecular weight is 337 g/mol. The summed E-state index contributed by atoms with van der Waals surface area (Å²) in [5, 5.41) is 12.6. The van der Waals surface area contributed by atoms with Crippen LogP contribution in [0.4, 0.5) is 5.69 Å². The van der Waals surface area contributed by atoms with Gasteiger partial charge < -0.3 is 16.4 Å². The first-order valence-corrected chi connectivity index (χ1v) is 6.96. The molecule has 0 unspecified atom stereocenters. The van der Waals surface area contributed by atoms with Crippen molar-refractivity contribution in [3.63, 3.8) is 0 Å². The molecule has 1 aromatic carbocycles. The summed E-state index contributed by atoms with van der Waals surface area (Å²) in [6.07, 6.45) is 6.05. The molecule has 0 radical (unpaired) electrons. The van der Waals surface area contributed by atoms with E-state index in [0.717, 1.165) is 0 Å². The fourth-order valence-corrected chi connectivity index (χ4v) is 1.71. The lowest BCUT2D eigenvalue weighted by atomic mass is 10.2. The standard InChI is InChI=1S/C16H20N4O2.ClH/c1-3-12(4-2)19-14(21)9-10-15(22)20-13-7-5-11(6-8-13)16(17)18;/h1,5-8,12H,4,9-10H2,2H3,(H3,17,18)(H,19,21)(H,20,22);1H/t12-;/m1./s1. The molecule has 0 spiro atoms. The van der Waals surface area contributed by atoms with Crippen molar-refractivity contribution in [2.45, 2.75) is 32.2 Å². The number of carbonyl (C=O) groups excluding carboxylic acids is 2. The van der Waals surface area contributed by atoms with E-state index in [2.05, 4.69) is 16.6 Å². The minimum atomic E-state index is -0.297. The van der Waals surface area contributed by atoms with Crippen LogP contribution in [0, 0.1) is 17.8 Å². The molecule has 1 atom stereocenters. The van der Waals surface area contributed by atoms with Crippen LogP contribution in [-0.4, -0.2) is 23.7 Å². The van der Waals surface area contributed by atoms with Crippen LogP contribution in [-0.2, 0) is 9.59 Å². The van der Waals surface area contributed by atoms with E-state index >= 15 is 0 Å². The van der Waals surface area contributed by atoms with E-state index in [1.165, 1.54) is 0 Å². The number of amides is 2. The van der Waals surface area contributed by atoms with Gasteiger partial charge in [-0.05, 0) is 30.7 Å². The molecule has 7 heteroatoms. The fraction of sp³-hybridized carbons (Fsp3) is 0.312. The minimum Gasteiger partial charge on any atom is -0.384 e. The first-order valence-electron chi connectivity index (χ1n) is 6.96. The normalized spacial score (nSPS) is 10.6. The van der Waals surface area contributed by atoms with Crippen LogP contribution in [0.1, 0.15) is 31.7 Å². The maximum absolute atomic E-state index is 11.8. The van der Waals surface area contributed by atoms with Gasteiger partial charge in [0.05, 0.1) is 6.04 Å². The Morgan fingerprint density at radius 3 is 2.30 bits per heavy atom. The minimum absolute atomic E-state index is 0. The van der Waals surface area contributed by atoms with Gasteiger partial charge in [0, 0.05) is 24.1 Å². The molecule has 23 heavy (non-hydrogen) atoms. The van der Waals surface area contributed by atoms with E-state index in [1.54, 1.807) is 24.3 Å². The lowest BCUT2D eigenvalue weighted by molar-refractivity contribution is -0.124. The summed E-state index contributed by atoms with van der Waals surface area (Å²) in [6, 6.07) is 6.29. The number of rotatable bonds is 7. The van der Waals surface area contributed by atoms with Crippen molar-refractivity contribution < 1.29 is 9.59 Å². The number of nitrogens with two attached hydrogens (primary N) is 1. The molecule has 0 heterocycles. The Balaban J connectivity index is 0.00000484. The van der Waals surface area contributed by atoms with Gasteiger partial charge in [0.25, 0.3) is 0 Å². The third-order valence-corrected chi connectivity index (χ3v) is 3.00. The smallest absolute Gasteiger partial charge is 0.224 e. The largest absolute Gasteiger partial charge is 0.384 e. The molecule has 0 aliphatic rings. The van der Waals surface area contributed by atoms with Gasteiger partial charge in [-0.25, -0.2) is 0 Å². The van der Waals surface area contributed by atoms with Crippen molar-refractivity contribution in [2.24, 2.45) is 5.73 Å². The quantitative estimate of drug-likeness (QED) is 0.345. The highest BCUT2D eigenvalue weighted by molar-refractivity contribution is 5.96. The molecule has 6 nitrogen and oxygen atoms in total. The number of hydrogen-bond acceptors (Lipinski definition) is 3. The van der Waals surface area contributed by atoms with E-state index in [4.69, 9.17) is 17.6 Å². The molecule has 0 aliphatic heterocycles. The molecule has 1 rings (SSSR count). The van der Waals surface area contributed by atoms with Crippen molar-refractivity contribution in [3.05, 3.63) is 29.8 Å². The van der Waals surface area contributed by atoms with Gasteiger partial charge in [0.1, 0.15) is 5.84 Å². The maximum atomic E-state index is 11.8. The highest BCUT2D eigenvalue weighted by Gasteiger charge is 2.10. The lowest BCUT2D eigenvalue weighted by Gasteiger charge is -2.10. The topological polar surface area (TPSA) is 108 Å². The number of halogens is 1. The number of anilines is 1. The highest BCUT2D eigenvalue weighted by atomic mass is 35.5. The Morgan fingerprint density at radius 1 is 1.26 bits per heavy atom. The van der Waals surface area contributed by atoms with Crippen LogP contribution in [0.15, 0.2) is 24.3 Å². The molecule has 0 fully saturated rings. The second-order valence-corrected chi connectivity index (χ2v) is 4.73. The van der Waals surface area contributed by atoms with Crippen LogP contribution in [0.25, 0.3) is 0 Å². The Hall–Kier alpha value is -2.52. The molecule has 5 N–H and O–H groups in total. The summed E-state index contributed by atoms with van der Waals surface area (Å²) in [4.78, 5) is 23.4. The summed E-state index contributed by atoms with van der Waals surface area (Å²) in [6.45, 7) is 1.88. The van der Waals surface area contributed by atoms with Gasteiger partial charge >= 0.3 is 0 Å². The molecular formula is C16H21ClN4O2. The Labute approximate surface area is 142 Å². The fourth-order valence-electron chi connectivity index (χ4n) is 1.71. The van der Waals surface area contributed by atoms with Crippen LogP contribution in [0.2, 0.25) is 0 Å². The summed E-state index contributed by atoms with van der Waals surface area (Å²) in [5.74, 6) is 1.92. The van der Waals surface area contributed by atoms with Crippen molar-refractivity contribution >= 4 is 35.7 Å². The maximum Gasteiger partial charge on any atom is 0.224 e. The number of hydrogen-bond donors (Lipinski definition) is 4. The second-order valence-electron chi connectivity index (χ2n) is 4.73. The van der Waals surface area contributed by atoms with E-state index in [0.29, 0.717) is 17.7 Å². The van der Waals surface area contributed by atoms with Crippen LogP contribution < -0.4 is 16.4 Å². The predicted molar refractivity (Wildman–Crippen MR) is 93.6 cm³/mol. The van der Waals surface area contributed by atoms with Gasteiger partial charge in [-0.2, -0.15) is 0 Å². The SMILES string of the molecule is C#C[C@H](CC)NC(=O)CCC(=O)Nc1ccc(C(=N)N)cc1.Cl. The average Bonchev–Trinajstić information content (AvgIpc) is 2.51. The number of carbonyl (C=O) groups is 2. The van der Waals surface area contributed by atoms with Crippen LogP contribution >= 0.6 is 12.4 Å². The van der Waals surface area contributed by atoms with Crippen LogP contribution in [0.5, 0.6) is 0 Å². The summed E-state index contributed by atoms with van der Waals surface area (Å²) < 4.78 is 0. The number of amidine groups is 1. The number of benzene rings is 1. The van der Waals surface area contributed by atoms with Crippen LogP contribution in [0.3, 0.4) is 0 Å². The number of terminal acetylenes is 1. The van der Waals surface area contributed by atoms with E-state index in [-0.39, 0.29) is 48.9 Å². The summed E-state index contributed by atoms with van der Waals surface area (Å²) >= 11 is 0. The highest BCUT2D eigenvalue weighted by Crippen LogP contribution is 2.09. The van der Waals surface area contributed by atoms with Gasteiger partial charge in [-0.15, -0.1) is 18.8 Å². The molecule has 0 bridgehead atoms.